The quantitative estimate of drug-likeness (QED) is 0.217. The van der Waals surface area contributed by atoms with Crippen molar-refractivity contribution in [3.63, 3.8) is 0 Å². The Morgan fingerprint density at radius 2 is 1.59 bits per heavy atom. The molecule has 0 aromatic heterocycles. The Morgan fingerprint density at radius 3 is 2.25 bits per heavy atom. The van der Waals surface area contributed by atoms with Crippen LogP contribution in [-0.2, 0) is 21.2 Å². The summed E-state index contributed by atoms with van der Waals surface area (Å²) in [6, 6.07) is 21.0. The Morgan fingerprint density at radius 1 is 0.955 bits per heavy atom. The number of para-hydroxylation sites is 1. The van der Waals surface area contributed by atoms with Crippen LogP contribution in [0.4, 0.5) is 11.4 Å². The summed E-state index contributed by atoms with van der Waals surface area (Å²) >= 11 is 6.03. The van der Waals surface area contributed by atoms with E-state index in [1.807, 2.05) is 30.3 Å². The summed E-state index contributed by atoms with van der Waals surface area (Å²) in [5.74, 6) is -0.670. The van der Waals surface area contributed by atoms with Gasteiger partial charge in [-0.15, -0.1) is 0 Å². The SMILES string of the molecule is C[C@H](NC[C@@H](O)[C@H](Cc1ccccc1)NC(=O)c1ccccc1N(c1ccc(Cl)cc1)S(C)(=O)=O)C(=O)NC1CCCCC1. The minimum absolute atomic E-state index is 0.0545. The van der Waals surface area contributed by atoms with Crippen molar-refractivity contribution in [3.8, 4) is 0 Å². The van der Waals surface area contributed by atoms with Gasteiger partial charge in [0.2, 0.25) is 15.9 Å². The molecule has 3 atom stereocenters. The molecule has 0 bridgehead atoms. The topological polar surface area (TPSA) is 128 Å². The number of nitrogens with zero attached hydrogens (tertiary/aromatic N) is 1. The largest absolute Gasteiger partial charge is 0.390 e. The number of anilines is 2. The maximum atomic E-state index is 13.8. The molecule has 236 valence electrons. The van der Waals surface area contributed by atoms with Gasteiger partial charge < -0.3 is 21.1 Å². The molecular formula is C33H41ClN4O5S. The average molecular weight is 641 g/mol. The maximum absolute atomic E-state index is 13.8. The zero-order valence-corrected chi connectivity index (χ0v) is 26.7. The minimum Gasteiger partial charge on any atom is -0.390 e. The second kappa shape index (κ2) is 15.5. The lowest BCUT2D eigenvalue weighted by molar-refractivity contribution is -0.123. The number of nitrogens with one attached hydrogen (secondary N) is 3. The van der Waals surface area contributed by atoms with Crippen molar-refractivity contribution in [1.29, 1.82) is 0 Å². The van der Waals surface area contributed by atoms with Crippen molar-refractivity contribution in [2.24, 2.45) is 0 Å². The second-order valence-corrected chi connectivity index (χ2v) is 13.6. The van der Waals surface area contributed by atoms with Crippen molar-refractivity contribution in [2.45, 2.75) is 69.7 Å². The third-order valence-electron chi connectivity index (χ3n) is 7.82. The molecule has 1 aliphatic rings. The Bertz CT molecular complexity index is 1500. The Labute approximate surface area is 265 Å². The van der Waals surface area contributed by atoms with Gasteiger partial charge in [-0.2, -0.15) is 0 Å². The van der Waals surface area contributed by atoms with Gasteiger partial charge >= 0.3 is 0 Å². The number of rotatable bonds is 13. The molecule has 1 fully saturated rings. The molecule has 4 N–H and O–H groups in total. The number of hydrogen-bond donors (Lipinski definition) is 4. The number of sulfonamides is 1. The highest BCUT2D eigenvalue weighted by molar-refractivity contribution is 7.92. The van der Waals surface area contributed by atoms with Gasteiger partial charge in [0.25, 0.3) is 5.91 Å². The monoisotopic (exact) mass is 640 g/mol. The molecule has 1 aliphatic carbocycles. The lowest BCUT2D eigenvalue weighted by Crippen LogP contribution is -2.53. The number of hydrogen-bond acceptors (Lipinski definition) is 6. The predicted octanol–water partition coefficient (Wildman–Crippen LogP) is 4.57. The summed E-state index contributed by atoms with van der Waals surface area (Å²) in [6.45, 7) is 1.81. The molecule has 0 radical (unpaired) electrons. The van der Waals surface area contributed by atoms with E-state index in [9.17, 15) is 23.1 Å². The van der Waals surface area contributed by atoms with Crippen LogP contribution in [-0.4, -0.2) is 62.4 Å². The van der Waals surface area contributed by atoms with Gasteiger partial charge in [-0.1, -0.05) is 73.3 Å². The van der Waals surface area contributed by atoms with Crippen LogP contribution in [0.5, 0.6) is 0 Å². The fourth-order valence-corrected chi connectivity index (χ4v) is 6.58. The van der Waals surface area contributed by atoms with E-state index in [2.05, 4.69) is 16.0 Å². The van der Waals surface area contributed by atoms with Crippen molar-refractivity contribution in [1.82, 2.24) is 16.0 Å². The van der Waals surface area contributed by atoms with E-state index >= 15 is 0 Å². The zero-order valence-electron chi connectivity index (χ0n) is 25.1. The van der Waals surface area contributed by atoms with E-state index in [-0.39, 0.29) is 29.7 Å². The van der Waals surface area contributed by atoms with E-state index in [1.54, 1.807) is 55.5 Å². The van der Waals surface area contributed by atoms with Crippen molar-refractivity contribution in [2.75, 3.05) is 17.1 Å². The Hall–Kier alpha value is -3.44. The first-order valence-electron chi connectivity index (χ1n) is 14.9. The van der Waals surface area contributed by atoms with Crippen LogP contribution in [0.1, 0.15) is 54.9 Å². The number of carbonyl (C=O) groups excluding carboxylic acids is 2. The van der Waals surface area contributed by atoms with Crippen molar-refractivity contribution < 1.29 is 23.1 Å². The van der Waals surface area contributed by atoms with Gasteiger partial charge in [-0.25, -0.2) is 12.7 Å². The fraction of sp³-hybridized carbons (Fsp3) is 0.394. The van der Waals surface area contributed by atoms with Gasteiger partial charge in [0, 0.05) is 17.6 Å². The van der Waals surface area contributed by atoms with Gasteiger partial charge in [-0.3, -0.25) is 9.59 Å². The molecule has 3 aromatic rings. The molecule has 2 amide bonds. The van der Waals surface area contributed by atoms with Crippen molar-refractivity contribution >= 4 is 44.8 Å². The molecule has 0 aliphatic heterocycles. The zero-order chi connectivity index (χ0) is 31.7. The van der Waals surface area contributed by atoms with Crippen LogP contribution < -0.4 is 20.3 Å². The smallest absolute Gasteiger partial charge is 0.253 e. The molecular weight excluding hydrogens is 600 g/mol. The molecule has 3 aromatic carbocycles. The van der Waals surface area contributed by atoms with Crippen LogP contribution in [0.3, 0.4) is 0 Å². The molecule has 0 spiro atoms. The van der Waals surface area contributed by atoms with Crippen LogP contribution in [0.25, 0.3) is 0 Å². The number of benzene rings is 3. The third-order valence-corrected chi connectivity index (χ3v) is 9.14. The average Bonchev–Trinajstić information content (AvgIpc) is 3.01. The van der Waals surface area contributed by atoms with Gasteiger partial charge in [-0.05, 0) is 68.1 Å². The highest BCUT2D eigenvalue weighted by Gasteiger charge is 2.29. The standard InChI is InChI=1S/C33H41ClN4O5S/c1-23(32(40)36-26-13-7-4-8-14-26)35-22-31(39)29(21-24-11-5-3-6-12-24)37-33(41)28-15-9-10-16-30(28)38(44(2,42)43)27-19-17-25(34)18-20-27/h3,5-6,9-12,15-20,23,26,29,31,35,39H,4,7-8,13-14,21-22H2,1-2H3,(H,36,40)(H,37,41)/t23-,29-,31+/m0/s1. The van der Waals surface area contributed by atoms with Crippen molar-refractivity contribution in [3.05, 3.63) is 95.0 Å². The number of aliphatic hydroxyl groups is 1. The Balaban J connectivity index is 1.53. The number of carbonyl (C=O) groups is 2. The second-order valence-electron chi connectivity index (χ2n) is 11.3. The molecule has 0 saturated heterocycles. The summed E-state index contributed by atoms with van der Waals surface area (Å²) in [5, 5.41) is 20.9. The first kappa shape index (κ1) is 33.5. The summed E-state index contributed by atoms with van der Waals surface area (Å²) in [6.07, 6.45) is 5.68. The summed E-state index contributed by atoms with van der Waals surface area (Å²) in [4.78, 5) is 26.6. The number of aliphatic hydroxyl groups excluding tert-OH is 1. The van der Waals surface area contributed by atoms with Gasteiger partial charge in [0.05, 0.1) is 41.4 Å². The van der Waals surface area contributed by atoms with Gasteiger partial charge in [0.15, 0.2) is 0 Å². The van der Waals surface area contributed by atoms with Crippen LogP contribution in [0, 0.1) is 0 Å². The molecule has 11 heteroatoms. The molecule has 4 rings (SSSR count). The lowest BCUT2D eigenvalue weighted by Gasteiger charge is -2.28. The highest BCUT2D eigenvalue weighted by Crippen LogP contribution is 2.32. The van der Waals surface area contributed by atoms with E-state index in [1.165, 1.54) is 6.42 Å². The fourth-order valence-electron chi connectivity index (χ4n) is 5.43. The third kappa shape index (κ3) is 9.28. The molecule has 1 saturated carbocycles. The summed E-state index contributed by atoms with van der Waals surface area (Å²) in [5.41, 5.74) is 1.50. The van der Waals surface area contributed by atoms with Crippen LogP contribution in [0.2, 0.25) is 5.02 Å². The summed E-state index contributed by atoms with van der Waals surface area (Å²) in [7, 11) is -3.86. The summed E-state index contributed by atoms with van der Waals surface area (Å²) < 4.78 is 27.0. The first-order valence-corrected chi connectivity index (χ1v) is 17.2. The molecule has 9 nitrogen and oxygen atoms in total. The van der Waals surface area contributed by atoms with E-state index in [4.69, 9.17) is 11.6 Å². The van der Waals surface area contributed by atoms with Crippen LogP contribution >= 0.6 is 11.6 Å². The number of amides is 2. The maximum Gasteiger partial charge on any atom is 0.253 e. The highest BCUT2D eigenvalue weighted by atomic mass is 35.5. The minimum atomic E-state index is -3.86. The number of halogens is 1. The van der Waals surface area contributed by atoms with E-state index in [0.717, 1.165) is 41.8 Å². The first-order chi connectivity index (χ1) is 21.0. The predicted molar refractivity (Wildman–Crippen MR) is 175 cm³/mol. The molecule has 44 heavy (non-hydrogen) atoms. The normalized spacial score (nSPS) is 16.0. The van der Waals surface area contributed by atoms with Crippen LogP contribution in [0.15, 0.2) is 78.9 Å². The lowest BCUT2D eigenvalue weighted by atomic mass is 9.95. The van der Waals surface area contributed by atoms with E-state index in [0.29, 0.717) is 17.1 Å². The van der Waals surface area contributed by atoms with Gasteiger partial charge in [0.1, 0.15) is 0 Å². The molecule has 0 heterocycles. The van der Waals surface area contributed by atoms with E-state index < -0.39 is 34.1 Å². The Kier molecular flexibility index (Phi) is 11.8. The molecule has 0 unspecified atom stereocenters.